The van der Waals surface area contributed by atoms with Crippen LogP contribution < -0.4 is 10.2 Å². The smallest absolute Gasteiger partial charge is 0.161 e. The van der Waals surface area contributed by atoms with E-state index in [1.165, 1.54) is 41.5 Å². The normalized spacial score (nSPS) is 26.2. The van der Waals surface area contributed by atoms with Gasteiger partial charge in [0.1, 0.15) is 11.5 Å². The molecule has 4 heterocycles. The first-order valence-electron chi connectivity index (χ1n) is 21.3. The molecule has 1 N–H and O–H groups in total. The van der Waals surface area contributed by atoms with Crippen LogP contribution in [0.3, 0.4) is 0 Å². The Morgan fingerprint density at radius 1 is 0.776 bits per heavy atom. The molecule has 4 aromatic carbocycles. The summed E-state index contributed by atoms with van der Waals surface area (Å²) in [5.41, 5.74) is 10.3. The predicted octanol–water partition coefficient (Wildman–Crippen LogP) is 12.3. The summed E-state index contributed by atoms with van der Waals surface area (Å²) < 4.78 is 1.34. The molecule has 288 valence electrons. The highest BCUT2D eigenvalue weighted by atomic mass is 32.1. The number of rotatable bonds is 6. The summed E-state index contributed by atoms with van der Waals surface area (Å²) in [7, 11) is 0. The lowest BCUT2D eigenvalue weighted by molar-refractivity contribution is 0.296. The second-order valence-corrected chi connectivity index (χ2v) is 18.4. The van der Waals surface area contributed by atoms with E-state index in [9.17, 15) is 0 Å². The quantitative estimate of drug-likeness (QED) is 0.171. The number of hydrogen-bond acceptors (Lipinski definition) is 6. The first kappa shape index (κ1) is 35.6. The van der Waals surface area contributed by atoms with Crippen LogP contribution in [-0.4, -0.2) is 33.9 Å². The molecule has 0 bridgehead atoms. The Morgan fingerprint density at radius 3 is 2.33 bits per heavy atom. The van der Waals surface area contributed by atoms with E-state index >= 15 is 0 Å². The number of hydrogen-bond donors (Lipinski definition) is 1. The second kappa shape index (κ2) is 14.1. The standard InChI is InChI=1S/C52H49N5S/c1-51-30-16-15-25-42(51)47-43(57(51)39-23-13-6-14-24-39)28-29-44-46(47)40-27-26-36(32-45(40)58-44)48-41(31-37(33-53-48)34-17-7-3-8-18-34)50-54-49(35-19-9-4-10-20-35)55-52(2,56-50)38-21-11-5-12-22-38/h3-4,6-11,13-14,17-21,23-27,31-33,38,43,47H,5,12,15-16,22,28-30H2,1-2H3,(H,54,55,56). The molecular weight excluding hydrogens is 727 g/mol. The Kier molecular flexibility index (Phi) is 8.62. The van der Waals surface area contributed by atoms with Gasteiger partial charge >= 0.3 is 0 Å². The van der Waals surface area contributed by atoms with Gasteiger partial charge in [-0.05, 0) is 112 Å². The molecule has 5 atom stereocenters. The molecule has 5 aliphatic rings. The fourth-order valence-electron chi connectivity index (χ4n) is 11.0. The first-order valence-corrected chi connectivity index (χ1v) is 22.1. The summed E-state index contributed by atoms with van der Waals surface area (Å²) in [6, 6.07) is 42.2. The maximum absolute atomic E-state index is 5.55. The van der Waals surface area contributed by atoms with Crippen LogP contribution in [0.15, 0.2) is 155 Å². The van der Waals surface area contributed by atoms with Crippen LogP contribution in [-0.2, 0) is 6.42 Å². The highest BCUT2D eigenvalue weighted by molar-refractivity contribution is 7.19. The zero-order chi connectivity index (χ0) is 38.8. The monoisotopic (exact) mass is 775 g/mol. The zero-order valence-electron chi connectivity index (χ0n) is 33.4. The fraction of sp³-hybridized carbons (Fsp3) is 0.288. The summed E-state index contributed by atoms with van der Waals surface area (Å²) in [5.74, 6) is 2.23. The topological polar surface area (TPSA) is 52.9 Å². The van der Waals surface area contributed by atoms with E-state index in [0.29, 0.717) is 12.0 Å². The van der Waals surface area contributed by atoms with Crippen molar-refractivity contribution < 1.29 is 0 Å². The molecule has 5 unspecified atom stereocenters. The number of pyridine rings is 1. The minimum Gasteiger partial charge on any atom is -0.358 e. The second-order valence-electron chi connectivity index (χ2n) is 17.3. The third kappa shape index (κ3) is 5.82. The summed E-state index contributed by atoms with van der Waals surface area (Å²) in [6.45, 7) is 4.76. The molecule has 5 nitrogen and oxygen atoms in total. The maximum atomic E-state index is 5.55. The molecule has 0 amide bonds. The SMILES string of the molecule is CC1(C2C=CCCC2)N=C(c2cc(-c3ccccc3)cnc2-c2ccc3c4c(sc3c2)CCC2C4C3=CCCCC3(C)N2c2ccccc2)N=C(c2ccccc2)N1. The number of benzene rings is 4. The number of anilines is 1. The van der Waals surface area contributed by atoms with Gasteiger partial charge in [0.15, 0.2) is 5.84 Å². The fourth-order valence-corrected chi connectivity index (χ4v) is 12.3. The van der Waals surface area contributed by atoms with E-state index in [1.807, 2.05) is 17.5 Å². The minimum atomic E-state index is -0.566. The van der Waals surface area contributed by atoms with Crippen LogP contribution in [0.25, 0.3) is 32.5 Å². The Bertz CT molecular complexity index is 2660. The van der Waals surface area contributed by atoms with Gasteiger partial charge in [-0.1, -0.05) is 109 Å². The zero-order valence-corrected chi connectivity index (χ0v) is 34.2. The molecule has 58 heavy (non-hydrogen) atoms. The van der Waals surface area contributed by atoms with Gasteiger partial charge in [0.25, 0.3) is 0 Å². The van der Waals surface area contributed by atoms with Crippen molar-refractivity contribution in [3.63, 3.8) is 0 Å². The van der Waals surface area contributed by atoms with Crippen molar-refractivity contribution in [2.75, 3.05) is 4.90 Å². The third-order valence-electron chi connectivity index (χ3n) is 13.7. The molecule has 6 aromatic rings. The van der Waals surface area contributed by atoms with Crippen molar-refractivity contribution in [1.29, 1.82) is 0 Å². The van der Waals surface area contributed by atoms with Crippen molar-refractivity contribution in [3.05, 3.63) is 167 Å². The molecule has 6 heteroatoms. The van der Waals surface area contributed by atoms with Crippen LogP contribution in [0.2, 0.25) is 0 Å². The molecule has 0 saturated carbocycles. The van der Waals surface area contributed by atoms with Crippen LogP contribution in [0.4, 0.5) is 5.69 Å². The molecular formula is C52H49N5S. The van der Waals surface area contributed by atoms with E-state index in [2.05, 4.69) is 158 Å². The molecule has 11 rings (SSSR count). The van der Waals surface area contributed by atoms with Gasteiger partial charge in [0.2, 0.25) is 0 Å². The Morgan fingerprint density at radius 2 is 1.55 bits per heavy atom. The summed E-state index contributed by atoms with van der Waals surface area (Å²) in [6.07, 6.45) is 18.6. The van der Waals surface area contributed by atoms with Crippen LogP contribution in [0, 0.1) is 5.92 Å². The number of para-hydroxylation sites is 1. The van der Waals surface area contributed by atoms with E-state index in [1.54, 1.807) is 16.0 Å². The molecule has 0 spiro atoms. The van der Waals surface area contributed by atoms with Crippen LogP contribution in [0.1, 0.15) is 86.3 Å². The minimum absolute atomic E-state index is 0.0423. The Balaban J connectivity index is 1.06. The van der Waals surface area contributed by atoms with E-state index < -0.39 is 5.66 Å². The largest absolute Gasteiger partial charge is 0.358 e. The van der Waals surface area contributed by atoms with Crippen molar-refractivity contribution in [3.8, 4) is 22.4 Å². The van der Waals surface area contributed by atoms with Gasteiger partial charge in [-0.3, -0.25) is 4.98 Å². The third-order valence-corrected chi connectivity index (χ3v) is 14.9. The number of aryl methyl sites for hydroxylation is 1. The van der Waals surface area contributed by atoms with Crippen LogP contribution in [0.5, 0.6) is 0 Å². The van der Waals surface area contributed by atoms with Gasteiger partial charge in [-0.15, -0.1) is 11.3 Å². The van der Waals surface area contributed by atoms with Crippen molar-refractivity contribution >= 4 is 38.8 Å². The predicted molar refractivity (Wildman–Crippen MR) is 242 cm³/mol. The Labute approximate surface area is 346 Å². The number of fused-ring (bicyclic) bond motifs is 7. The van der Waals surface area contributed by atoms with Crippen LogP contribution >= 0.6 is 11.3 Å². The first-order chi connectivity index (χ1) is 28.5. The molecule has 2 aromatic heterocycles. The lowest BCUT2D eigenvalue weighted by atomic mass is 9.73. The van der Waals surface area contributed by atoms with Gasteiger partial charge in [-0.2, -0.15) is 0 Å². The Hall–Kier alpha value is -5.59. The van der Waals surface area contributed by atoms with Crippen molar-refractivity contribution in [2.24, 2.45) is 15.9 Å². The highest BCUT2D eigenvalue weighted by Gasteiger charge is 2.55. The summed E-state index contributed by atoms with van der Waals surface area (Å²) in [4.78, 5) is 20.6. The van der Waals surface area contributed by atoms with E-state index in [-0.39, 0.29) is 11.5 Å². The number of amidine groups is 2. The number of aliphatic imine (C=N–C) groups is 2. The lowest BCUT2D eigenvalue weighted by Gasteiger charge is -2.42. The van der Waals surface area contributed by atoms with E-state index in [0.717, 1.165) is 70.9 Å². The van der Waals surface area contributed by atoms with Gasteiger partial charge < -0.3 is 10.2 Å². The van der Waals surface area contributed by atoms with E-state index in [4.69, 9.17) is 15.0 Å². The van der Waals surface area contributed by atoms with Gasteiger partial charge in [0, 0.05) is 61.6 Å². The van der Waals surface area contributed by atoms with Crippen molar-refractivity contribution in [1.82, 2.24) is 10.3 Å². The average molecular weight is 776 g/mol. The van der Waals surface area contributed by atoms with Crippen molar-refractivity contribution in [2.45, 2.75) is 88.4 Å². The van der Waals surface area contributed by atoms with Gasteiger partial charge in [0.05, 0.1) is 11.2 Å². The number of aromatic nitrogens is 1. The molecule has 1 fully saturated rings. The summed E-state index contributed by atoms with van der Waals surface area (Å²) in [5, 5.41) is 5.22. The average Bonchev–Trinajstić information content (AvgIpc) is 3.79. The maximum Gasteiger partial charge on any atom is 0.161 e. The number of nitrogens with one attached hydrogen (secondary N) is 1. The molecule has 3 aliphatic carbocycles. The number of thiophene rings is 1. The van der Waals surface area contributed by atoms with Gasteiger partial charge in [-0.25, -0.2) is 9.98 Å². The molecule has 0 radical (unpaired) electrons. The highest BCUT2D eigenvalue weighted by Crippen LogP contribution is 2.59. The number of allylic oxidation sites excluding steroid dienone is 2. The lowest BCUT2D eigenvalue weighted by Crippen LogP contribution is -2.53. The molecule has 1 saturated heterocycles. The molecule has 2 aliphatic heterocycles. The number of nitrogens with zero attached hydrogens (tertiary/aromatic N) is 4. The summed E-state index contributed by atoms with van der Waals surface area (Å²) >= 11 is 2.00.